The zero-order valence-corrected chi connectivity index (χ0v) is 15.1. The molecule has 2 aromatic rings. The highest BCUT2D eigenvalue weighted by Gasteiger charge is 2.24. The van der Waals surface area contributed by atoms with E-state index in [9.17, 15) is 9.59 Å². The standard InChI is InChI=1S/C17H20BrN3O2/c1-4-11-21(12(2)13-7-5-6-8-14(13)18)17(23)15-9-10-16(22)20(3)19-15/h5-10,12H,4,11H2,1-3H3. The molecule has 0 N–H and O–H groups in total. The highest BCUT2D eigenvalue weighted by atomic mass is 79.9. The number of halogens is 1. The molecule has 0 radical (unpaired) electrons. The number of rotatable bonds is 5. The number of amides is 1. The Kier molecular flexibility index (Phi) is 5.71. The van der Waals surface area contributed by atoms with Gasteiger partial charge in [0.2, 0.25) is 0 Å². The number of aryl methyl sites for hydroxylation is 1. The van der Waals surface area contributed by atoms with Crippen LogP contribution in [0.3, 0.4) is 0 Å². The summed E-state index contributed by atoms with van der Waals surface area (Å²) in [5.41, 5.74) is 1.08. The van der Waals surface area contributed by atoms with E-state index >= 15 is 0 Å². The van der Waals surface area contributed by atoms with Crippen molar-refractivity contribution in [3.63, 3.8) is 0 Å². The minimum absolute atomic E-state index is 0.0999. The summed E-state index contributed by atoms with van der Waals surface area (Å²) in [6, 6.07) is 10.6. The fraction of sp³-hybridized carbons (Fsp3) is 0.353. The molecule has 5 nitrogen and oxygen atoms in total. The van der Waals surface area contributed by atoms with Gasteiger partial charge >= 0.3 is 0 Å². The van der Waals surface area contributed by atoms with Gasteiger partial charge in [0.25, 0.3) is 11.5 Å². The van der Waals surface area contributed by atoms with E-state index in [1.165, 1.54) is 16.8 Å². The van der Waals surface area contributed by atoms with Crippen LogP contribution in [0, 0.1) is 0 Å². The summed E-state index contributed by atoms with van der Waals surface area (Å²) in [7, 11) is 1.54. The number of benzene rings is 1. The van der Waals surface area contributed by atoms with Crippen molar-refractivity contribution in [2.24, 2.45) is 7.05 Å². The minimum atomic E-state index is -0.234. The third kappa shape index (κ3) is 3.88. The number of hydrogen-bond acceptors (Lipinski definition) is 3. The van der Waals surface area contributed by atoms with E-state index in [4.69, 9.17) is 0 Å². The predicted molar refractivity (Wildman–Crippen MR) is 93.4 cm³/mol. The number of carbonyl (C=O) groups is 1. The van der Waals surface area contributed by atoms with Crippen molar-refractivity contribution in [1.82, 2.24) is 14.7 Å². The summed E-state index contributed by atoms with van der Waals surface area (Å²) in [6.07, 6.45) is 0.840. The summed E-state index contributed by atoms with van der Waals surface area (Å²) < 4.78 is 2.15. The number of aromatic nitrogens is 2. The van der Waals surface area contributed by atoms with Gasteiger partial charge in [-0.05, 0) is 31.0 Å². The van der Waals surface area contributed by atoms with Gasteiger partial charge in [-0.1, -0.05) is 41.1 Å². The Hall–Kier alpha value is -1.95. The summed E-state index contributed by atoms with van der Waals surface area (Å²) in [5.74, 6) is -0.175. The second kappa shape index (κ2) is 7.55. The lowest BCUT2D eigenvalue weighted by Crippen LogP contribution is -2.36. The molecule has 0 aliphatic heterocycles. The van der Waals surface area contributed by atoms with Gasteiger partial charge < -0.3 is 4.90 Å². The smallest absolute Gasteiger partial charge is 0.274 e. The topological polar surface area (TPSA) is 55.2 Å². The quantitative estimate of drug-likeness (QED) is 0.803. The minimum Gasteiger partial charge on any atom is -0.330 e. The van der Waals surface area contributed by atoms with Gasteiger partial charge in [-0.15, -0.1) is 0 Å². The molecule has 0 saturated heterocycles. The van der Waals surface area contributed by atoms with E-state index in [1.807, 2.05) is 38.1 Å². The number of nitrogens with zero attached hydrogens (tertiary/aromatic N) is 3. The molecule has 6 heteroatoms. The predicted octanol–water partition coefficient (Wildman–Crippen LogP) is 3.16. The van der Waals surface area contributed by atoms with Gasteiger partial charge in [0.15, 0.2) is 0 Å². The lowest BCUT2D eigenvalue weighted by atomic mass is 10.1. The van der Waals surface area contributed by atoms with Crippen molar-refractivity contribution in [2.75, 3.05) is 6.54 Å². The van der Waals surface area contributed by atoms with Crippen LogP contribution in [0.1, 0.15) is 42.4 Å². The fourth-order valence-electron chi connectivity index (χ4n) is 2.46. The van der Waals surface area contributed by atoms with Crippen LogP contribution >= 0.6 is 15.9 Å². The van der Waals surface area contributed by atoms with E-state index in [0.717, 1.165) is 16.5 Å². The van der Waals surface area contributed by atoms with E-state index < -0.39 is 0 Å². The van der Waals surface area contributed by atoms with Crippen molar-refractivity contribution < 1.29 is 4.79 Å². The van der Waals surface area contributed by atoms with E-state index in [-0.39, 0.29) is 23.2 Å². The molecule has 0 saturated carbocycles. The van der Waals surface area contributed by atoms with Crippen molar-refractivity contribution in [3.8, 4) is 0 Å². The zero-order chi connectivity index (χ0) is 17.0. The molecule has 1 unspecified atom stereocenters. The van der Waals surface area contributed by atoms with Gasteiger partial charge in [-0.2, -0.15) is 5.10 Å². The summed E-state index contributed by atoms with van der Waals surface area (Å²) in [6.45, 7) is 4.64. The highest BCUT2D eigenvalue weighted by Crippen LogP contribution is 2.28. The van der Waals surface area contributed by atoms with Crippen LogP contribution < -0.4 is 5.56 Å². The van der Waals surface area contributed by atoms with Crippen LogP contribution in [0.4, 0.5) is 0 Å². The number of hydrogen-bond donors (Lipinski definition) is 0. The Morgan fingerprint density at radius 1 is 1.30 bits per heavy atom. The molecule has 0 fully saturated rings. The lowest BCUT2D eigenvalue weighted by Gasteiger charge is -2.29. The normalized spacial score (nSPS) is 12.0. The molecule has 0 spiro atoms. The monoisotopic (exact) mass is 377 g/mol. The molecule has 122 valence electrons. The Morgan fingerprint density at radius 3 is 2.61 bits per heavy atom. The Bertz CT molecular complexity index is 757. The van der Waals surface area contributed by atoms with Gasteiger partial charge in [-0.25, -0.2) is 4.68 Å². The largest absolute Gasteiger partial charge is 0.330 e. The SMILES string of the molecule is CCCN(C(=O)c1ccc(=O)n(C)n1)C(C)c1ccccc1Br. The lowest BCUT2D eigenvalue weighted by molar-refractivity contribution is 0.0681. The average molecular weight is 378 g/mol. The molecule has 0 aliphatic rings. The third-order valence-electron chi connectivity index (χ3n) is 3.73. The van der Waals surface area contributed by atoms with Crippen LogP contribution in [0.2, 0.25) is 0 Å². The van der Waals surface area contributed by atoms with E-state index in [0.29, 0.717) is 6.54 Å². The van der Waals surface area contributed by atoms with Gasteiger partial charge in [0.05, 0.1) is 6.04 Å². The number of carbonyl (C=O) groups excluding carboxylic acids is 1. The van der Waals surface area contributed by atoms with Crippen LogP contribution in [0.5, 0.6) is 0 Å². The summed E-state index contributed by atoms with van der Waals surface area (Å²) in [4.78, 5) is 26.1. The van der Waals surface area contributed by atoms with Gasteiger partial charge in [0.1, 0.15) is 5.69 Å². The first-order valence-electron chi connectivity index (χ1n) is 7.55. The Morgan fingerprint density at radius 2 is 2.00 bits per heavy atom. The van der Waals surface area contributed by atoms with Crippen LogP contribution in [-0.4, -0.2) is 27.1 Å². The fourth-order valence-corrected chi connectivity index (χ4v) is 3.07. The van der Waals surface area contributed by atoms with Crippen molar-refractivity contribution in [2.45, 2.75) is 26.3 Å². The average Bonchev–Trinajstić information content (AvgIpc) is 2.54. The molecule has 1 atom stereocenters. The Labute approximate surface area is 144 Å². The molecule has 0 aliphatic carbocycles. The first-order chi connectivity index (χ1) is 11.0. The Balaban J connectivity index is 2.37. The first kappa shape index (κ1) is 17.4. The first-order valence-corrected chi connectivity index (χ1v) is 8.34. The molecular formula is C17H20BrN3O2. The van der Waals surface area contributed by atoms with Crippen LogP contribution in [0.25, 0.3) is 0 Å². The maximum absolute atomic E-state index is 12.9. The molecule has 1 heterocycles. The second-order valence-corrected chi connectivity index (χ2v) is 6.23. The molecule has 1 amide bonds. The van der Waals surface area contributed by atoms with Crippen molar-refractivity contribution >= 4 is 21.8 Å². The zero-order valence-electron chi connectivity index (χ0n) is 13.5. The molecular weight excluding hydrogens is 358 g/mol. The molecule has 2 rings (SSSR count). The van der Waals surface area contributed by atoms with Crippen molar-refractivity contribution in [3.05, 3.63) is 62.5 Å². The second-order valence-electron chi connectivity index (χ2n) is 5.38. The van der Waals surface area contributed by atoms with E-state index in [2.05, 4.69) is 21.0 Å². The van der Waals surface area contributed by atoms with Gasteiger partial charge in [0, 0.05) is 24.1 Å². The summed E-state index contributed by atoms with van der Waals surface area (Å²) in [5, 5.41) is 4.08. The molecule has 1 aromatic carbocycles. The summed E-state index contributed by atoms with van der Waals surface area (Å²) >= 11 is 3.54. The third-order valence-corrected chi connectivity index (χ3v) is 4.45. The van der Waals surface area contributed by atoms with Crippen molar-refractivity contribution in [1.29, 1.82) is 0 Å². The molecule has 0 bridgehead atoms. The van der Waals surface area contributed by atoms with Crippen LogP contribution in [-0.2, 0) is 7.05 Å². The van der Waals surface area contributed by atoms with E-state index in [1.54, 1.807) is 11.9 Å². The highest BCUT2D eigenvalue weighted by molar-refractivity contribution is 9.10. The maximum atomic E-state index is 12.9. The maximum Gasteiger partial charge on any atom is 0.274 e. The van der Waals surface area contributed by atoms with Gasteiger partial charge in [-0.3, -0.25) is 9.59 Å². The molecule has 23 heavy (non-hydrogen) atoms. The molecule has 1 aromatic heterocycles. The van der Waals surface area contributed by atoms with Crippen LogP contribution in [0.15, 0.2) is 45.7 Å².